The zero-order chi connectivity index (χ0) is 45.6. The molecule has 6 bridgehead atoms. The molecule has 13 nitrogen and oxygen atoms in total. The van der Waals surface area contributed by atoms with Crippen LogP contribution in [0.15, 0.2) is 90.4 Å². The molecule has 0 saturated carbocycles. The number of carbonyl (C=O) groups is 3. The second-order valence-electron chi connectivity index (χ2n) is 18.3. The maximum atomic E-state index is 14.9. The van der Waals surface area contributed by atoms with E-state index in [1.807, 2.05) is 61.6 Å². The molecule has 5 heterocycles. The predicted molar refractivity (Wildman–Crippen MR) is 252 cm³/mol. The Morgan fingerprint density at radius 1 is 1.03 bits per heavy atom. The van der Waals surface area contributed by atoms with E-state index >= 15 is 0 Å². The average Bonchev–Trinajstić information content (AvgIpc) is 4.01. The van der Waals surface area contributed by atoms with Gasteiger partial charge in [0.25, 0.3) is 5.91 Å². The Balaban J connectivity index is 1.12. The number of alkyl carbamates (subject to hydrolysis) is 1. The first-order valence-electron chi connectivity index (χ1n) is 22.5. The van der Waals surface area contributed by atoms with Gasteiger partial charge in [0, 0.05) is 65.1 Å². The number of fused-ring (bicyclic) bond motifs is 9. The fraction of sp³-hybridized carbons (Fsp3) is 0.392. The number of pyridine rings is 1. The van der Waals surface area contributed by atoms with Gasteiger partial charge in [-0.3, -0.25) is 24.5 Å². The first-order chi connectivity index (χ1) is 31.4. The van der Waals surface area contributed by atoms with Gasteiger partial charge in [-0.2, -0.15) is 0 Å². The highest BCUT2D eigenvalue weighted by atomic mass is 32.1. The maximum absolute atomic E-state index is 14.9. The first kappa shape index (κ1) is 44.3. The van der Waals surface area contributed by atoms with Crippen molar-refractivity contribution in [3.05, 3.63) is 118 Å². The summed E-state index contributed by atoms with van der Waals surface area (Å²) in [6.07, 6.45) is 2.46. The van der Waals surface area contributed by atoms with Crippen LogP contribution in [0.25, 0.3) is 44.5 Å². The molecule has 1 fully saturated rings. The fourth-order valence-corrected chi connectivity index (χ4v) is 11.0. The fourth-order valence-electron chi connectivity index (χ4n) is 9.89. The molecule has 2 aliphatic heterocycles. The summed E-state index contributed by atoms with van der Waals surface area (Å²) >= 11 is 1.43. The number of esters is 1. The summed E-state index contributed by atoms with van der Waals surface area (Å²) in [6.45, 7) is 9.65. The van der Waals surface area contributed by atoms with Gasteiger partial charge < -0.3 is 24.1 Å². The number of rotatable bonds is 8. The van der Waals surface area contributed by atoms with Crippen LogP contribution in [0.3, 0.4) is 0 Å². The highest BCUT2D eigenvalue weighted by Gasteiger charge is 2.41. The zero-order valence-electron chi connectivity index (χ0n) is 38.1. The molecule has 0 radical (unpaired) electrons. The van der Waals surface area contributed by atoms with Crippen LogP contribution in [-0.4, -0.2) is 95.5 Å². The monoisotopic (exact) mass is 895 g/mol. The number of methoxy groups -OCH3 is 1. The minimum Gasteiger partial charge on any atom is -0.464 e. The SMILES string of the molecule is CCn1c(-c2cccnc2[C@H](C)OC)c2c3cc(ccc31)-c1csc(n1)C(N(C)C)[C@H](NC(=O)OCC1c3ccccc3-c3ccccc31)C(=O)N1CCC[C@H](N1)C(=O)OCC(C)(C)C2. The number of carbonyl (C=O) groups excluding carboxylic acids is 3. The number of likely N-dealkylation sites (N-methyl/N-ethyl adjacent to an activating group) is 1. The van der Waals surface area contributed by atoms with E-state index in [1.165, 1.54) is 16.3 Å². The van der Waals surface area contributed by atoms with E-state index < -0.39 is 41.5 Å². The number of ether oxygens (including phenoxy) is 3. The standard InChI is InChI=1S/C51H57N7O6S/c1-8-57-42-22-21-31-25-37(42)38(45(57)36-19-13-23-52-43(36)30(2)62-7)26-51(3,4)29-64-49(60)40-20-14-24-58(55-40)48(59)44(46(56(5)6)47-53-41(31)28-65-47)54-50(61)63-27-39-34-17-11-9-15-32(34)33-16-10-12-18-35(33)39/h9-13,15-19,21-23,25,28,30,39-40,44,46,55H,8,14,20,24,26-27,29H2,1-7H3,(H,54,61)/t30-,40-,44-,46?/m0/s1. The Kier molecular flexibility index (Phi) is 12.4. The van der Waals surface area contributed by atoms with Gasteiger partial charge in [0.05, 0.1) is 35.8 Å². The van der Waals surface area contributed by atoms with Crippen LogP contribution in [0.5, 0.6) is 0 Å². The van der Waals surface area contributed by atoms with Crippen LogP contribution in [0, 0.1) is 5.41 Å². The number of hydrogen-bond donors (Lipinski definition) is 2. The molecule has 3 aromatic heterocycles. The Morgan fingerprint density at radius 3 is 2.46 bits per heavy atom. The summed E-state index contributed by atoms with van der Waals surface area (Å²) < 4.78 is 20.3. The Hall–Kier alpha value is -5.93. The Bertz CT molecular complexity index is 2720. The highest BCUT2D eigenvalue weighted by Crippen LogP contribution is 2.45. The normalized spacial score (nSPS) is 20.2. The van der Waals surface area contributed by atoms with E-state index in [2.05, 4.69) is 84.6 Å². The summed E-state index contributed by atoms with van der Waals surface area (Å²) in [5, 5.41) is 8.15. The van der Waals surface area contributed by atoms with Gasteiger partial charge in [-0.25, -0.2) is 15.2 Å². The van der Waals surface area contributed by atoms with Crippen molar-refractivity contribution in [2.45, 2.75) is 83.6 Å². The van der Waals surface area contributed by atoms with Crippen LogP contribution in [-0.2, 0) is 36.8 Å². The summed E-state index contributed by atoms with van der Waals surface area (Å²) in [5.74, 6) is -1.01. The van der Waals surface area contributed by atoms with Gasteiger partial charge in [-0.05, 0) is 99.3 Å². The predicted octanol–water partition coefficient (Wildman–Crippen LogP) is 8.69. The van der Waals surface area contributed by atoms with Gasteiger partial charge in [0.1, 0.15) is 23.7 Å². The van der Waals surface area contributed by atoms with Crippen LogP contribution in [0.2, 0.25) is 0 Å². The van der Waals surface area contributed by atoms with Gasteiger partial charge in [-0.15, -0.1) is 11.3 Å². The number of nitrogens with zero attached hydrogens (tertiary/aromatic N) is 5. The van der Waals surface area contributed by atoms with Crippen molar-refractivity contribution in [2.24, 2.45) is 5.41 Å². The second kappa shape index (κ2) is 18.2. The molecule has 3 aromatic carbocycles. The molecular formula is C51H57N7O6S. The van der Waals surface area contributed by atoms with E-state index in [4.69, 9.17) is 24.2 Å². The highest BCUT2D eigenvalue weighted by molar-refractivity contribution is 7.10. The van der Waals surface area contributed by atoms with Gasteiger partial charge in [0.2, 0.25) is 0 Å². The first-order valence-corrected chi connectivity index (χ1v) is 23.4. The molecule has 1 aliphatic carbocycles. The lowest BCUT2D eigenvalue weighted by atomic mass is 9.84. The van der Waals surface area contributed by atoms with Crippen molar-refractivity contribution in [1.82, 2.24) is 35.2 Å². The molecule has 14 heteroatoms. The van der Waals surface area contributed by atoms with Crippen molar-refractivity contribution >= 4 is 40.2 Å². The summed E-state index contributed by atoms with van der Waals surface area (Å²) in [7, 11) is 5.43. The van der Waals surface area contributed by atoms with Gasteiger partial charge in [-0.1, -0.05) is 68.4 Å². The van der Waals surface area contributed by atoms with Crippen LogP contribution >= 0.6 is 11.3 Å². The third-order valence-corrected chi connectivity index (χ3v) is 14.1. The number of hydrazine groups is 1. The third kappa shape index (κ3) is 8.44. The molecule has 9 rings (SSSR count). The smallest absolute Gasteiger partial charge is 0.407 e. The second-order valence-corrected chi connectivity index (χ2v) is 19.2. The van der Waals surface area contributed by atoms with Crippen LogP contribution < -0.4 is 10.7 Å². The van der Waals surface area contributed by atoms with Crippen molar-refractivity contribution in [1.29, 1.82) is 0 Å². The number of aromatic nitrogens is 3. The molecule has 4 atom stereocenters. The molecule has 3 aliphatic rings. The minimum atomic E-state index is -1.14. The summed E-state index contributed by atoms with van der Waals surface area (Å²) in [4.78, 5) is 54.9. The molecule has 2 amide bonds. The summed E-state index contributed by atoms with van der Waals surface area (Å²) in [5.41, 5.74) is 13.8. The number of cyclic esters (lactones) is 1. The van der Waals surface area contributed by atoms with Crippen molar-refractivity contribution in [3.8, 4) is 33.6 Å². The minimum absolute atomic E-state index is 0.0838. The lowest BCUT2D eigenvalue weighted by Gasteiger charge is -2.38. The lowest BCUT2D eigenvalue weighted by Crippen LogP contribution is -2.62. The van der Waals surface area contributed by atoms with Gasteiger partial charge in [0.15, 0.2) is 0 Å². The van der Waals surface area contributed by atoms with E-state index in [0.717, 1.165) is 66.9 Å². The third-order valence-electron chi connectivity index (χ3n) is 13.1. The Labute approximate surface area is 384 Å². The number of amides is 2. The van der Waals surface area contributed by atoms with Crippen LogP contribution in [0.4, 0.5) is 4.79 Å². The zero-order valence-corrected chi connectivity index (χ0v) is 38.9. The molecule has 65 heavy (non-hydrogen) atoms. The van der Waals surface area contributed by atoms with Crippen molar-refractivity contribution < 1.29 is 28.6 Å². The molecule has 2 N–H and O–H groups in total. The number of nitrogens with one attached hydrogen (secondary N) is 2. The van der Waals surface area contributed by atoms with Crippen LogP contribution in [0.1, 0.15) is 86.0 Å². The number of hydrogen-bond acceptors (Lipinski definition) is 11. The lowest BCUT2D eigenvalue weighted by molar-refractivity contribution is -0.155. The largest absolute Gasteiger partial charge is 0.464 e. The van der Waals surface area contributed by atoms with E-state index in [-0.39, 0.29) is 25.2 Å². The van der Waals surface area contributed by atoms with E-state index in [9.17, 15) is 14.4 Å². The van der Waals surface area contributed by atoms with Gasteiger partial charge >= 0.3 is 12.1 Å². The molecular weight excluding hydrogens is 839 g/mol. The number of aryl methyl sites for hydroxylation is 1. The maximum Gasteiger partial charge on any atom is 0.407 e. The number of thiazole rings is 1. The Morgan fingerprint density at radius 2 is 1.75 bits per heavy atom. The van der Waals surface area contributed by atoms with Crippen molar-refractivity contribution in [2.75, 3.05) is 41.0 Å². The molecule has 1 unspecified atom stereocenters. The average molecular weight is 896 g/mol. The molecule has 0 spiro atoms. The van der Waals surface area contributed by atoms with E-state index in [0.29, 0.717) is 37.4 Å². The number of benzene rings is 3. The van der Waals surface area contributed by atoms with E-state index in [1.54, 1.807) is 13.3 Å². The topological polar surface area (TPSA) is 140 Å². The van der Waals surface area contributed by atoms with Crippen molar-refractivity contribution in [3.63, 3.8) is 0 Å². The summed E-state index contributed by atoms with van der Waals surface area (Å²) in [6, 6.07) is 24.2. The molecule has 1 saturated heterocycles. The molecule has 6 aromatic rings. The quantitative estimate of drug-likeness (QED) is 0.143. The molecule has 338 valence electrons.